The minimum absolute atomic E-state index is 0.0358. The zero-order valence-corrected chi connectivity index (χ0v) is 12.7. The molecule has 0 bridgehead atoms. The molecule has 0 aliphatic heterocycles. The topological polar surface area (TPSA) is 43.4 Å². The monoisotopic (exact) mass is 398 g/mol. The predicted octanol–water partition coefficient (Wildman–Crippen LogP) is 5.00. The summed E-state index contributed by atoms with van der Waals surface area (Å²) in [5.41, 5.74) is -5.58. The fraction of sp³-hybridized carbons (Fsp3) is 0.125. The van der Waals surface area contributed by atoms with E-state index < -0.39 is 58.2 Å². The van der Waals surface area contributed by atoms with E-state index in [0.717, 1.165) is 0 Å². The van der Waals surface area contributed by atoms with E-state index in [2.05, 4.69) is 4.74 Å². The standard InChI is InChI=1S/C16H6F8O3/c17-11-6-7(15(19,20)21)4-5-8(11)13(25)27-14(26)9-2-1-3-10(12(9)18)16(22,23)24/h1-6H. The normalized spacial score (nSPS) is 12.0. The number of alkyl halides is 6. The number of carbonyl (C=O) groups is 2. The van der Waals surface area contributed by atoms with Crippen molar-refractivity contribution in [1.82, 2.24) is 0 Å². The number of rotatable bonds is 2. The zero-order valence-electron chi connectivity index (χ0n) is 12.7. The minimum Gasteiger partial charge on any atom is -0.386 e. The van der Waals surface area contributed by atoms with Crippen molar-refractivity contribution in [3.8, 4) is 0 Å². The van der Waals surface area contributed by atoms with Crippen LogP contribution in [0.4, 0.5) is 35.1 Å². The summed E-state index contributed by atoms with van der Waals surface area (Å²) < 4.78 is 107. The van der Waals surface area contributed by atoms with Crippen molar-refractivity contribution in [2.45, 2.75) is 12.4 Å². The Bertz CT molecular complexity index is 900. The molecule has 27 heavy (non-hydrogen) atoms. The Labute approximate surface area is 145 Å². The van der Waals surface area contributed by atoms with Gasteiger partial charge in [0.05, 0.1) is 22.3 Å². The fourth-order valence-corrected chi connectivity index (χ4v) is 1.96. The number of ether oxygens (including phenoxy) is 1. The number of carbonyl (C=O) groups excluding carboxylic acids is 2. The van der Waals surface area contributed by atoms with Crippen molar-refractivity contribution >= 4 is 11.9 Å². The lowest BCUT2D eigenvalue weighted by molar-refractivity contribution is -0.140. The molecule has 0 aliphatic carbocycles. The van der Waals surface area contributed by atoms with Crippen LogP contribution >= 0.6 is 0 Å². The van der Waals surface area contributed by atoms with Gasteiger partial charge in [-0.05, 0) is 30.3 Å². The van der Waals surface area contributed by atoms with Crippen LogP contribution in [0.25, 0.3) is 0 Å². The van der Waals surface area contributed by atoms with Crippen molar-refractivity contribution in [2.24, 2.45) is 0 Å². The molecule has 0 radical (unpaired) electrons. The highest BCUT2D eigenvalue weighted by Gasteiger charge is 2.36. The van der Waals surface area contributed by atoms with Gasteiger partial charge in [-0.15, -0.1) is 0 Å². The van der Waals surface area contributed by atoms with Gasteiger partial charge in [0.1, 0.15) is 11.6 Å². The van der Waals surface area contributed by atoms with Crippen LogP contribution in [0.1, 0.15) is 31.8 Å². The molecule has 0 saturated carbocycles. The van der Waals surface area contributed by atoms with E-state index >= 15 is 0 Å². The summed E-state index contributed by atoms with van der Waals surface area (Å²) in [6.07, 6.45) is -10.0. The largest absolute Gasteiger partial charge is 0.419 e. The third-order valence-electron chi connectivity index (χ3n) is 3.23. The second-order valence-electron chi connectivity index (χ2n) is 5.03. The summed E-state index contributed by atoms with van der Waals surface area (Å²) in [7, 11) is 0. The van der Waals surface area contributed by atoms with E-state index in [1.807, 2.05) is 0 Å². The lowest BCUT2D eigenvalue weighted by Gasteiger charge is -2.11. The van der Waals surface area contributed by atoms with Crippen molar-refractivity contribution in [3.63, 3.8) is 0 Å². The van der Waals surface area contributed by atoms with Crippen LogP contribution in [0.3, 0.4) is 0 Å². The van der Waals surface area contributed by atoms with E-state index in [-0.39, 0.29) is 6.07 Å². The van der Waals surface area contributed by atoms with Crippen LogP contribution in [0.5, 0.6) is 0 Å². The molecule has 11 heteroatoms. The first-order valence-corrected chi connectivity index (χ1v) is 6.81. The molecular formula is C16H6F8O3. The molecule has 0 spiro atoms. The van der Waals surface area contributed by atoms with E-state index in [1.54, 1.807) is 0 Å². The molecule has 144 valence electrons. The molecule has 0 saturated heterocycles. The van der Waals surface area contributed by atoms with Crippen molar-refractivity contribution in [1.29, 1.82) is 0 Å². The number of benzene rings is 2. The predicted molar refractivity (Wildman–Crippen MR) is 72.6 cm³/mol. The molecule has 0 atom stereocenters. The molecule has 2 aromatic carbocycles. The Morgan fingerprint density at radius 3 is 1.89 bits per heavy atom. The molecule has 2 aromatic rings. The molecular weight excluding hydrogens is 392 g/mol. The van der Waals surface area contributed by atoms with E-state index in [9.17, 15) is 44.7 Å². The Balaban J connectivity index is 2.28. The highest BCUT2D eigenvalue weighted by atomic mass is 19.4. The SMILES string of the molecule is O=C(OC(=O)c1cccc(C(F)(F)F)c1F)c1ccc(C(F)(F)F)cc1F. The van der Waals surface area contributed by atoms with Crippen LogP contribution in [0.2, 0.25) is 0 Å². The summed E-state index contributed by atoms with van der Waals surface area (Å²) in [5, 5.41) is 0. The number of halogens is 8. The van der Waals surface area contributed by atoms with Gasteiger partial charge in [0.15, 0.2) is 0 Å². The van der Waals surface area contributed by atoms with Gasteiger partial charge in [0.25, 0.3) is 0 Å². The maximum atomic E-state index is 13.8. The first kappa shape index (κ1) is 20.3. The summed E-state index contributed by atoms with van der Waals surface area (Å²) in [4.78, 5) is 23.4. The highest BCUT2D eigenvalue weighted by molar-refractivity contribution is 6.02. The van der Waals surface area contributed by atoms with Crippen LogP contribution in [0, 0.1) is 11.6 Å². The van der Waals surface area contributed by atoms with E-state index in [4.69, 9.17) is 0 Å². The summed E-state index contributed by atoms with van der Waals surface area (Å²) in [6, 6.07) is 2.26. The molecule has 0 aromatic heterocycles. The van der Waals surface area contributed by atoms with Crippen LogP contribution in [0.15, 0.2) is 36.4 Å². The van der Waals surface area contributed by atoms with Gasteiger partial charge >= 0.3 is 24.3 Å². The van der Waals surface area contributed by atoms with Crippen molar-refractivity contribution < 1.29 is 49.4 Å². The van der Waals surface area contributed by atoms with Crippen LogP contribution < -0.4 is 0 Å². The first-order chi connectivity index (χ1) is 12.3. The van der Waals surface area contributed by atoms with Gasteiger partial charge in [-0.2, -0.15) is 26.3 Å². The van der Waals surface area contributed by atoms with E-state index in [0.29, 0.717) is 30.3 Å². The minimum atomic E-state index is -5.14. The quantitative estimate of drug-likeness (QED) is 0.406. The maximum absolute atomic E-state index is 13.8. The smallest absolute Gasteiger partial charge is 0.386 e. The average Bonchev–Trinajstić information content (AvgIpc) is 2.52. The summed E-state index contributed by atoms with van der Waals surface area (Å²) >= 11 is 0. The van der Waals surface area contributed by atoms with Gasteiger partial charge in [0.2, 0.25) is 0 Å². The molecule has 0 amide bonds. The van der Waals surface area contributed by atoms with Crippen molar-refractivity contribution in [2.75, 3.05) is 0 Å². The van der Waals surface area contributed by atoms with Gasteiger partial charge in [0, 0.05) is 0 Å². The maximum Gasteiger partial charge on any atom is 0.419 e. The van der Waals surface area contributed by atoms with Gasteiger partial charge in [-0.25, -0.2) is 18.4 Å². The Hall–Kier alpha value is -2.98. The summed E-state index contributed by atoms with van der Waals surface area (Å²) in [5.74, 6) is -7.38. The molecule has 0 aliphatic rings. The molecule has 0 fully saturated rings. The van der Waals surface area contributed by atoms with Crippen LogP contribution in [-0.2, 0) is 17.1 Å². The fourth-order valence-electron chi connectivity index (χ4n) is 1.96. The zero-order chi connectivity index (χ0) is 20.6. The lowest BCUT2D eigenvalue weighted by atomic mass is 10.1. The van der Waals surface area contributed by atoms with Gasteiger partial charge in [-0.1, -0.05) is 6.07 Å². The van der Waals surface area contributed by atoms with E-state index in [1.165, 1.54) is 0 Å². The summed E-state index contributed by atoms with van der Waals surface area (Å²) in [6.45, 7) is 0. The molecule has 3 nitrogen and oxygen atoms in total. The lowest BCUT2D eigenvalue weighted by Crippen LogP contribution is -2.18. The number of hydrogen-bond acceptors (Lipinski definition) is 3. The second kappa shape index (κ2) is 6.97. The van der Waals surface area contributed by atoms with Gasteiger partial charge < -0.3 is 4.74 Å². The number of hydrogen-bond donors (Lipinski definition) is 0. The molecule has 0 heterocycles. The van der Waals surface area contributed by atoms with Crippen LogP contribution in [-0.4, -0.2) is 11.9 Å². The molecule has 0 unspecified atom stereocenters. The van der Waals surface area contributed by atoms with Crippen molar-refractivity contribution in [3.05, 3.63) is 70.3 Å². The third kappa shape index (κ3) is 4.41. The Kier molecular flexibility index (Phi) is 5.25. The second-order valence-corrected chi connectivity index (χ2v) is 5.03. The average molecular weight is 398 g/mol. The molecule has 2 rings (SSSR count). The highest BCUT2D eigenvalue weighted by Crippen LogP contribution is 2.33. The first-order valence-electron chi connectivity index (χ1n) is 6.81. The molecule has 0 N–H and O–H groups in total. The Morgan fingerprint density at radius 1 is 0.778 bits per heavy atom. The number of esters is 2. The third-order valence-corrected chi connectivity index (χ3v) is 3.23. The Morgan fingerprint density at radius 2 is 1.37 bits per heavy atom. The van der Waals surface area contributed by atoms with Gasteiger partial charge in [-0.3, -0.25) is 0 Å².